The van der Waals surface area contributed by atoms with Crippen molar-refractivity contribution in [2.75, 3.05) is 31.6 Å². The highest BCUT2D eigenvalue weighted by Gasteiger charge is 2.12. The largest absolute Gasteiger partial charge is 0.352 e. The van der Waals surface area contributed by atoms with E-state index < -0.39 is 0 Å². The Morgan fingerprint density at radius 2 is 1.83 bits per heavy atom. The number of anilines is 1. The van der Waals surface area contributed by atoms with Gasteiger partial charge in [0.1, 0.15) is 6.33 Å². The molecule has 2 N–H and O–H groups in total. The fourth-order valence-corrected chi connectivity index (χ4v) is 4.19. The minimum absolute atomic E-state index is 0.0492. The first-order chi connectivity index (χ1) is 17.3. The number of para-hydroxylation sites is 1. The zero-order valence-electron chi connectivity index (χ0n) is 19.5. The zero-order chi connectivity index (χ0) is 23.9. The third kappa shape index (κ3) is 5.52. The molecular weight excluding hydrogens is 440 g/mol. The van der Waals surface area contributed by atoms with Crippen LogP contribution < -0.4 is 10.7 Å². The molecule has 9 heteroatoms. The molecule has 3 heterocycles. The highest BCUT2D eigenvalue weighted by atomic mass is 16.1. The van der Waals surface area contributed by atoms with Crippen LogP contribution in [0, 0.1) is 0 Å². The van der Waals surface area contributed by atoms with Crippen LogP contribution in [0.3, 0.4) is 0 Å². The number of hydrogen-bond acceptors (Lipinski definition) is 7. The Morgan fingerprint density at radius 3 is 2.63 bits per heavy atom. The average molecular weight is 469 g/mol. The minimum atomic E-state index is -0.0492. The third-order valence-corrected chi connectivity index (χ3v) is 6.06. The van der Waals surface area contributed by atoms with Crippen molar-refractivity contribution in [1.29, 1.82) is 0 Å². The number of benzene rings is 2. The molecule has 9 nitrogen and oxygen atoms in total. The van der Waals surface area contributed by atoms with Gasteiger partial charge in [-0.1, -0.05) is 30.3 Å². The number of rotatable bonds is 9. The summed E-state index contributed by atoms with van der Waals surface area (Å²) in [6.07, 6.45) is 8.45. The highest BCUT2D eigenvalue weighted by Crippen LogP contribution is 2.21. The van der Waals surface area contributed by atoms with E-state index in [1.54, 1.807) is 17.1 Å². The predicted octanol–water partition coefficient (Wildman–Crippen LogP) is 3.48. The molecule has 1 fully saturated rings. The van der Waals surface area contributed by atoms with Crippen molar-refractivity contribution in [3.63, 3.8) is 0 Å². The monoisotopic (exact) mass is 468 g/mol. The Morgan fingerprint density at radius 1 is 1.03 bits per heavy atom. The molecule has 5 rings (SSSR count). The topological polar surface area (TPSA) is 100 Å². The van der Waals surface area contributed by atoms with Crippen LogP contribution in [0.2, 0.25) is 0 Å². The summed E-state index contributed by atoms with van der Waals surface area (Å²) in [7, 11) is 0. The van der Waals surface area contributed by atoms with Crippen molar-refractivity contribution in [1.82, 2.24) is 30.0 Å². The standard InChI is InChI=1S/C26H28N8O/c35-26(27-13-6-16-33-14-4-5-15-33)21-11-9-20(10-12-21)17-30-32-24-23-18-31-34(25(23)29-19-28-24)22-7-2-1-3-8-22/h1-3,7-12,17-19H,4-6,13-16H2,(H,27,35)(H,28,29,32)/b30-17+. The van der Waals surface area contributed by atoms with Gasteiger partial charge < -0.3 is 10.2 Å². The van der Waals surface area contributed by atoms with Crippen LogP contribution in [0.5, 0.6) is 0 Å². The number of carbonyl (C=O) groups excluding carboxylic acids is 1. The van der Waals surface area contributed by atoms with Crippen molar-refractivity contribution < 1.29 is 4.79 Å². The molecule has 1 saturated heterocycles. The minimum Gasteiger partial charge on any atom is -0.352 e. The van der Waals surface area contributed by atoms with E-state index in [1.165, 1.54) is 32.3 Å². The van der Waals surface area contributed by atoms with Gasteiger partial charge in [-0.25, -0.2) is 14.6 Å². The third-order valence-electron chi connectivity index (χ3n) is 6.06. The van der Waals surface area contributed by atoms with E-state index >= 15 is 0 Å². The van der Waals surface area contributed by atoms with Gasteiger partial charge in [0.05, 0.1) is 23.5 Å². The maximum atomic E-state index is 12.4. The second-order valence-electron chi connectivity index (χ2n) is 8.50. The van der Waals surface area contributed by atoms with Crippen LogP contribution in [-0.2, 0) is 0 Å². The van der Waals surface area contributed by atoms with E-state index in [1.807, 2.05) is 54.6 Å². The Balaban J connectivity index is 1.16. The van der Waals surface area contributed by atoms with Gasteiger partial charge in [-0.3, -0.25) is 10.2 Å². The van der Waals surface area contributed by atoms with Crippen molar-refractivity contribution in [3.8, 4) is 5.69 Å². The van der Waals surface area contributed by atoms with Crippen LogP contribution in [0.4, 0.5) is 5.82 Å². The van der Waals surface area contributed by atoms with E-state index in [4.69, 9.17) is 0 Å². The summed E-state index contributed by atoms with van der Waals surface area (Å²) in [6.45, 7) is 4.11. The summed E-state index contributed by atoms with van der Waals surface area (Å²) in [5, 5.41) is 12.5. The molecule has 0 atom stereocenters. The second kappa shape index (κ2) is 10.9. The zero-order valence-corrected chi connectivity index (χ0v) is 19.5. The summed E-state index contributed by atoms with van der Waals surface area (Å²) < 4.78 is 1.77. The summed E-state index contributed by atoms with van der Waals surface area (Å²) in [6, 6.07) is 17.2. The van der Waals surface area contributed by atoms with Gasteiger partial charge in [0, 0.05) is 12.1 Å². The first-order valence-electron chi connectivity index (χ1n) is 11.9. The van der Waals surface area contributed by atoms with Gasteiger partial charge in [0.15, 0.2) is 11.5 Å². The quantitative estimate of drug-likeness (QED) is 0.222. The number of nitrogens with one attached hydrogen (secondary N) is 2. The maximum absolute atomic E-state index is 12.4. The van der Waals surface area contributed by atoms with Gasteiger partial charge in [0.25, 0.3) is 5.91 Å². The van der Waals surface area contributed by atoms with Gasteiger partial charge in [0.2, 0.25) is 0 Å². The Labute approximate surface area is 203 Å². The number of aromatic nitrogens is 4. The smallest absolute Gasteiger partial charge is 0.251 e. The van der Waals surface area contributed by atoms with E-state index in [0.29, 0.717) is 23.6 Å². The maximum Gasteiger partial charge on any atom is 0.251 e. The highest BCUT2D eigenvalue weighted by molar-refractivity contribution is 5.95. The number of amides is 1. The lowest BCUT2D eigenvalue weighted by molar-refractivity contribution is 0.0952. The molecule has 0 saturated carbocycles. The predicted molar refractivity (Wildman–Crippen MR) is 137 cm³/mol. The van der Waals surface area contributed by atoms with Gasteiger partial charge >= 0.3 is 0 Å². The molecule has 4 aromatic rings. The van der Waals surface area contributed by atoms with Gasteiger partial charge in [-0.05, 0) is 68.7 Å². The summed E-state index contributed by atoms with van der Waals surface area (Å²) in [4.78, 5) is 23.5. The molecule has 2 aromatic carbocycles. The summed E-state index contributed by atoms with van der Waals surface area (Å²) in [5.74, 6) is 0.519. The van der Waals surface area contributed by atoms with E-state index in [0.717, 1.165) is 29.6 Å². The van der Waals surface area contributed by atoms with Crippen molar-refractivity contribution in [2.24, 2.45) is 5.10 Å². The lowest BCUT2D eigenvalue weighted by Gasteiger charge is -2.14. The molecule has 1 aliphatic rings. The van der Waals surface area contributed by atoms with Crippen LogP contribution in [0.25, 0.3) is 16.7 Å². The first kappa shape index (κ1) is 22.7. The number of fused-ring (bicyclic) bond motifs is 1. The van der Waals surface area contributed by atoms with Crippen molar-refractivity contribution in [3.05, 3.63) is 78.2 Å². The van der Waals surface area contributed by atoms with Crippen LogP contribution in [0.1, 0.15) is 35.2 Å². The molecule has 0 aliphatic carbocycles. The van der Waals surface area contributed by atoms with Gasteiger partial charge in [-0.2, -0.15) is 10.2 Å². The van der Waals surface area contributed by atoms with E-state index in [-0.39, 0.29) is 5.91 Å². The number of nitrogens with zero attached hydrogens (tertiary/aromatic N) is 6. The number of likely N-dealkylation sites (tertiary alicyclic amines) is 1. The molecule has 35 heavy (non-hydrogen) atoms. The number of hydrazone groups is 1. The molecule has 1 amide bonds. The van der Waals surface area contributed by atoms with Gasteiger partial charge in [-0.15, -0.1) is 0 Å². The van der Waals surface area contributed by atoms with Crippen LogP contribution >= 0.6 is 0 Å². The first-order valence-corrected chi connectivity index (χ1v) is 11.9. The average Bonchev–Trinajstić information content (AvgIpc) is 3.58. The van der Waals surface area contributed by atoms with Crippen molar-refractivity contribution in [2.45, 2.75) is 19.3 Å². The summed E-state index contributed by atoms with van der Waals surface area (Å²) >= 11 is 0. The Kier molecular flexibility index (Phi) is 7.05. The normalized spacial score (nSPS) is 14.1. The van der Waals surface area contributed by atoms with Crippen LogP contribution in [-0.4, -0.2) is 62.9 Å². The SMILES string of the molecule is O=C(NCCCN1CCCC1)c1ccc(/C=N/Nc2ncnc3c2cnn3-c2ccccc2)cc1. The molecule has 0 bridgehead atoms. The number of hydrogen-bond donors (Lipinski definition) is 2. The Bertz CT molecular complexity index is 1290. The molecule has 1 aliphatic heterocycles. The molecule has 2 aromatic heterocycles. The number of carbonyl (C=O) groups is 1. The molecular formula is C26H28N8O. The van der Waals surface area contributed by atoms with E-state index in [2.05, 4.69) is 35.8 Å². The Hall–Kier alpha value is -4.11. The van der Waals surface area contributed by atoms with Crippen LogP contribution in [0.15, 0.2) is 72.2 Å². The lowest BCUT2D eigenvalue weighted by atomic mass is 10.1. The fraction of sp³-hybridized carbons (Fsp3) is 0.269. The molecule has 0 spiro atoms. The molecule has 0 unspecified atom stereocenters. The molecule has 0 radical (unpaired) electrons. The molecule has 178 valence electrons. The second-order valence-corrected chi connectivity index (χ2v) is 8.50. The summed E-state index contributed by atoms with van der Waals surface area (Å²) in [5.41, 5.74) is 6.10. The fourth-order valence-electron chi connectivity index (χ4n) is 4.19. The van der Waals surface area contributed by atoms with E-state index in [9.17, 15) is 4.79 Å². The van der Waals surface area contributed by atoms with Crippen molar-refractivity contribution >= 4 is 29.0 Å². The lowest BCUT2D eigenvalue weighted by Crippen LogP contribution is -2.28.